The van der Waals surface area contributed by atoms with Gasteiger partial charge in [-0.1, -0.05) is 12.1 Å². The van der Waals surface area contributed by atoms with E-state index in [0.29, 0.717) is 28.5 Å². The SMILES string of the molecule is COc1ccccc1C(=O)c1cc(Oc2c(C)cc(N)cc2C)ccc1O. The Kier molecular flexibility index (Phi) is 5.03. The highest BCUT2D eigenvalue weighted by atomic mass is 16.5. The van der Waals surface area contributed by atoms with E-state index in [9.17, 15) is 9.90 Å². The van der Waals surface area contributed by atoms with Crippen LogP contribution in [-0.4, -0.2) is 18.0 Å². The maximum atomic E-state index is 12.9. The average Bonchev–Trinajstić information content (AvgIpc) is 2.65. The second-order valence-corrected chi connectivity index (χ2v) is 6.29. The number of ketones is 1. The summed E-state index contributed by atoms with van der Waals surface area (Å²) in [6.45, 7) is 3.81. The van der Waals surface area contributed by atoms with Gasteiger partial charge in [-0.25, -0.2) is 0 Å². The minimum absolute atomic E-state index is 0.121. The van der Waals surface area contributed by atoms with Crippen molar-refractivity contribution in [1.82, 2.24) is 0 Å². The van der Waals surface area contributed by atoms with E-state index in [2.05, 4.69) is 0 Å². The van der Waals surface area contributed by atoms with Gasteiger partial charge in [0.25, 0.3) is 0 Å². The number of phenols is 1. The van der Waals surface area contributed by atoms with Crippen LogP contribution in [0, 0.1) is 13.8 Å². The summed E-state index contributed by atoms with van der Waals surface area (Å²) < 4.78 is 11.2. The molecule has 0 amide bonds. The number of aryl methyl sites for hydroxylation is 2. The van der Waals surface area contributed by atoms with Crippen LogP contribution in [-0.2, 0) is 0 Å². The van der Waals surface area contributed by atoms with Crippen LogP contribution in [0.2, 0.25) is 0 Å². The third-order valence-corrected chi connectivity index (χ3v) is 4.27. The van der Waals surface area contributed by atoms with Crippen molar-refractivity contribution in [3.63, 3.8) is 0 Å². The van der Waals surface area contributed by atoms with E-state index in [1.165, 1.54) is 19.2 Å². The lowest BCUT2D eigenvalue weighted by atomic mass is 10.0. The first-order valence-corrected chi connectivity index (χ1v) is 8.46. The highest BCUT2D eigenvalue weighted by molar-refractivity contribution is 6.12. The summed E-state index contributed by atoms with van der Waals surface area (Å²) in [5.74, 6) is 1.09. The van der Waals surface area contributed by atoms with Crippen molar-refractivity contribution in [3.05, 3.63) is 76.9 Å². The zero-order valence-corrected chi connectivity index (χ0v) is 15.4. The number of nitrogen functional groups attached to an aromatic ring is 1. The van der Waals surface area contributed by atoms with Gasteiger partial charge in [0.2, 0.25) is 5.78 Å². The number of hydrogen-bond acceptors (Lipinski definition) is 5. The molecule has 5 nitrogen and oxygen atoms in total. The molecule has 0 saturated heterocycles. The van der Waals surface area contributed by atoms with E-state index in [1.807, 2.05) is 26.0 Å². The largest absolute Gasteiger partial charge is 0.507 e. The molecule has 27 heavy (non-hydrogen) atoms. The van der Waals surface area contributed by atoms with Crippen LogP contribution < -0.4 is 15.2 Å². The van der Waals surface area contributed by atoms with Crippen molar-refractivity contribution in [2.24, 2.45) is 0 Å². The molecule has 0 spiro atoms. The normalized spacial score (nSPS) is 10.5. The Hall–Kier alpha value is -3.47. The third-order valence-electron chi connectivity index (χ3n) is 4.27. The molecule has 138 valence electrons. The molecule has 0 bridgehead atoms. The van der Waals surface area contributed by atoms with Gasteiger partial charge < -0.3 is 20.3 Å². The molecule has 3 rings (SSSR count). The van der Waals surface area contributed by atoms with Crippen LogP contribution in [0.25, 0.3) is 0 Å². The number of benzene rings is 3. The standard InChI is InChI=1S/C22H21NO4/c1-13-10-15(23)11-14(2)22(13)27-16-8-9-19(24)18(12-16)21(25)17-6-4-5-7-20(17)26-3/h4-12,24H,23H2,1-3H3. The molecule has 0 unspecified atom stereocenters. The number of nitrogens with two attached hydrogens (primary N) is 1. The Morgan fingerprint density at radius 2 is 1.63 bits per heavy atom. The summed E-state index contributed by atoms with van der Waals surface area (Å²) in [7, 11) is 1.50. The molecule has 0 atom stereocenters. The first-order valence-electron chi connectivity index (χ1n) is 8.46. The lowest BCUT2D eigenvalue weighted by Gasteiger charge is -2.14. The van der Waals surface area contributed by atoms with Gasteiger partial charge in [0.1, 0.15) is 23.0 Å². The Morgan fingerprint density at radius 1 is 0.963 bits per heavy atom. The Balaban J connectivity index is 1.99. The molecule has 0 aliphatic rings. The molecule has 0 aliphatic heterocycles. The molecule has 0 aliphatic carbocycles. The number of ether oxygens (including phenoxy) is 2. The monoisotopic (exact) mass is 363 g/mol. The van der Waals surface area contributed by atoms with E-state index in [0.717, 1.165) is 11.1 Å². The number of rotatable bonds is 5. The van der Waals surface area contributed by atoms with Crippen molar-refractivity contribution in [2.45, 2.75) is 13.8 Å². The van der Waals surface area contributed by atoms with Gasteiger partial charge >= 0.3 is 0 Å². The quantitative estimate of drug-likeness (QED) is 0.510. The third kappa shape index (κ3) is 3.72. The molecule has 3 aromatic rings. The summed E-state index contributed by atoms with van der Waals surface area (Å²) in [4.78, 5) is 12.9. The van der Waals surface area contributed by atoms with Gasteiger partial charge in [-0.3, -0.25) is 4.79 Å². The van der Waals surface area contributed by atoms with Gasteiger partial charge in [-0.15, -0.1) is 0 Å². The average molecular weight is 363 g/mol. The lowest BCUT2D eigenvalue weighted by molar-refractivity contribution is 0.103. The topological polar surface area (TPSA) is 81.8 Å². The Labute approximate surface area is 158 Å². The molecule has 0 saturated carbocycles. The number of carbonyl (C=O) groups is 1. The second-order valence-electron chi connectivity index (χ2n) is 6.29. The molecule has 3 N–H and O–H groups in total. The number of aromatic hydroxyl groups is 1. The molecule has 3 aromatic carbocycles. The lowest BCUT2D eigenvalue weighted by Crippen LogP contribution is -2.04. The summed E-state index contributed by atoms with van der Waals surface area (Å²) in [6.07, 6.45) is 0. The highest BCUT2D eigenvalue weighted by Crippen LogP contribution is 2.34. The highest BCUT2D eigenvalue weighted by Gasteiger charge is 2.19. The first-order chi connectivity index (χ1) is 12.9. The fraction of sp³-hybridized carbons (Fsp3) is 0.136. The zero-order valence-electron chi connectivity index (χ0n) is 15.4. The summed E-state index contributed by atoms with van der Waals surface area (Å²) in [5.41, 5.74) is 8.80. The van der Waals surface area contributed by atoms with Crippen molar-refractivity contribution in [2.75, 3.05) is 12.8 Å². The maximum Gasteiger partial charge on any atom is 0.200 e. The van der Waals surface area contributed by atoms with Gasteiger partial charge in [0.05, 0.1) is 18.2 Å². The van der Waals surface area contributed by atoms with Crippen LogP contribution in [0.5, 0.6) is 23.0 Å². The molecule has 5 heteroatoms. The fourth-order valence-corrected chi connectivity index (χ4v) is 3.00. The summed E-state index contributed by atoms with van der Waals surface area (Å²) in [5, 5.41) is 10.2. The molecular formula is C22H21NO4. The van der Waals surface area contributed by atoms with Crippen molar-refractivity contribution in [1.29, 1.82) is 0 Å². The van der Waals surface area contributed by atoms with Crippen LogP contribution in [0.4, 0.5) is 5.69 Å². The van der Waals surface area contributed by atoms with Gasteiger partial charge in [0, 0.05) is 5.69 Å². The zero-order chi connectivity index (χ0) is 19.6. The summed E-state index contributed by atoms with van der Waals surface area (Å²) in [6, 6.07) is 15.1. The van der Waals surface area contributed by atoms with Crippen LogP contribution in [0.3, 0.4) is 0 Å². The predicted octanol–water partition coefficient (Wildman–Crippen LogP) is 4.62. The number of methoxy groups -OCH3 is 1. The number of anilines is 1. The van der Waals surface area contributed by atoms with E-state index >= 15 is 0 Å². The molecule has 0 fully saturated rings. The molecule has 0 aromatic heterocycles. The fourth-order valence-electron chi connectivity index (χ4n) is 3.00. The maximum absolute atomic E-state index is 12.9. The molecule has 0 heterocycles. The van der Waals surface area contributed by atoms with Gasteiger partial charge in [-0.05, 0) is 67.4 Å². The Bertz CT molecular complexity index is 988. The minimum Gasteiger partial charge on any atom is -0.507 e. The van der Waals surface area contributed by atoms with Crippen molar-refractivity contribution in [3.8, 4) is 23.0 Å². The number of carbonyl (C=O) groups excluding carboxylic acids is 1. The number of phenolic OH excluding ortho intramolecular Hbond substituents is 1. The van der Waals surface area contributed by atoms with Gasteiger partial charge in [-0.2, -0.15) is 0 Å². The summed E-state index contributed by atoms with van der Waals surface area (Å²) >= 11 is 0. The molecule has 0 radical (unpaired) electrons. The van der Waals surface area contributed by atoms with Gasteiger partial charge in [0.15, 0.2) is 0 Å². The Morgan fingerprint density at radius 3 is 2.30 bits per heavy atom. The predicted molar refractivity (Wildman–Crippen MR) is 105 cm³/mol. The first kappa shape index (κ1) is 18.3. The van der Waals surface area contributed by atoms with Crippen LogP contribution in [0.1, 0.15) is 27.0 Å². The van der Waals surface area contributed by atoms with E-state index in [4.69, 9.17) is 15.2 Å². The smallest absolute Gasteiger partial charge is 0.200 e. The van der Waals surface area contributed by atoms with E-state index < -0.39 is 0 Å². The van der Waals surface area contributed by atoms with Crippen molar-refractivity contribution >= 4 is 11.5 Å². The number of hydrogen-bond donors (Lipinski definition) is 2. The van der Waals surface area contributed by atoms with Crippen molar-refractivity contribution < 1.29 is 19.4 Å². The second kappa shape index (κ2) is 7.41. The minimum atomic E-state index is -0.346. The van der Waals surface area contributed by atoms with Crippen LogP contribution in [0.15, 0.2) is 54.6 Å². The van der Waals surface area contributed by atoms with E-state index in [-0.39, 0.29) is 17.1 Å². The van der Waals surface area contributed by atoms with E-state index in [1.54, 1.807) is 30.3 Å². The molecular weight excluding hydrogens is 342 g/mol. The van der Waals surface area contributed by atoms with Crippen LogP contribution >= 0.6 is 0 Å². The number of para-hydroxylation sites is 1.